The van der Waals surface area contributed by atoms with E-state index < -0.39 is 6.10 Å². The Morgan fingerprint density at radius 3 is 2.86 bits per heavy atom. The van der Waals surface area contributed by atoms with E-state index in [1.54, 1.807) is 0 Å². The van der Waals surface area contributed by atoms with Crippen molar-refractivity contribution in [1.29, 1.82) is 0 Å². The van der Waals surface area contributed by atoms with Crippen molar-refractivity contribution in [3.05, 3.63) is 59.4 Å². The summed E-state index contributed by atoms with van der Waals surface area (Å²) in [7, 11) is 0. The van der Waals surface area contributed by atoms with Crippen LogP contribution in [0.25, 0.3) is 10.8 Å². The zero-order chi connectivity index (χ0) is 15.1. The quantitative estimate of drug-likeness (QED) is 0.803. The lowest BCUT2D eigenvalue weighted by Crippen LogP contribution is -2.03. The normalized spacial score (nSPS) is 16.1. The fourth-order valence-electron chi connectivity index (χ4n) is 3.00. The van der Waals surface area contributed by atoms with Gasteiger partial charge in [-0.05, 0) is 47.6 Å². The van der Waals surface area contributed by atoms with Crippen LogP contribution in [0.15, 0.2) is 42.6 Å². The average Bonchev–Trinajstić information content (AvgIpc) is 3.29. The van der Waals surface area contributed by atoms with Gasteiger partial charge in [0.1, 0.15) is 11.8 Å². The maximum absolute atomic E-state index is 10.2. The molecule has 2 aromatic carbocycles. The summed E-state index contributed by atoms with van der Waals surface area (Å²) in [6.07, 6.45) is 3.61. The van der Waals surface area contributed by atoms with E-state index in [2.05, 4.69) is 53.6 Å². The number of hydrogen-bond donors (Lipinski definition) is 1. The molecule has 4 rings (SSSR count). The summed E-state index contributed by atoms with van der Waals surface area (Å²) in [5.74, 6) is 0.379. The Morgan fingerprint density at radius 2 is 2.05 bits per heavy atom. The highest BCUT2D eigenvalue weighted by molar-refractivity contribution is 5.86. The number of aliphatic hydroxyl groups is 1. The number of benzene rings is 2. The highest BCUT2D eigenvalue weighted by Crippen LogP contribution is 2.40. The molecular weight excluding hydrogens is 274 g/mol. The van der Waals surface area contributed by atoms with E-state index >= 15 is 0 Å². The Kier molecular flexibility index (Phi) is 3.19. The minimum absolute atomic E-state index is 0.379. The molecule has 0 aliphatic heterocycles. The molecule has 112 valence electrons. The van der Waals surface area contributed by atoms with Crippen LogP contribution >= 0.6 is 0 Å². The molecule has 0 radical (unpaired) electrons. The van der Waals surface area contributed by atoms with Gasteiger partial charge >= 0.3 is 0 Å². The second-order valence-corrected chi connectivity index (χ2v) is 6.21. The highest BCUT2D eigenvalue weighted by atomic mass is 16.3. The summed E-state index contributed by atoms with van der Waals surface area (Å²) in [6, 6.07) is 12.7. The summed E-state index contributed by atoms with van der Waals surface area (Å²) in [5, 5.41) is 21.0. The summed E-state index contributed by atoms with van der Waals surface area (Å²) in [5.41, 5.74) is 3.20. The summed E-state index contributed by atoms with van der Waals surface area (Å²) in [6.45, 7) is 2.80. The Bertz CT molecular complexity index is 820. The van der Waals surface area contributed by atoms with Gasteiger partial charge in [-0.2, -0.15) is 0 Å². The van der Waals surface area contributed by atoms with E-state index in [9.17, 15) is 5.11 Å². The van der Waals surface area contributed by atoms with E-state index in [0.29, 0.717) is 18.2 Å². The molecule has 22 heavy (non-hydrogen) atoms. The molecule has 1 heterocycles. The van der Waals surface area contributed by atoms with Crippen molar-refractivity contribution in [1.82, 2.24) is 15.0 Å². The highest BCUT2D eigenvalue weighted by Gasteiger charge is 2.32. The van der Waals surface area contributed by atoms with Crippen molar-refractivity contribution in [2.45, 2.75) is 32.4 Å². The third-order valence-electron chi connectivity index (χ3n) is 4.52. The molecule has 1 aliphatic carbocycles. The van der Waals surface area contributed by atoms with Crippen LogP contribution in [0.2, 0.25) is 0 Å². The maximum Gasteiger partial charge on any atom is 0.111 e. The van der Waals surface area contributed by atoms with Gasteiger partial charge in [0.05, 0.1) is 12.7 Å². The van der Waals surface area contributed by atoms with Gasteiger partial charge in [0.15, 0.2) is 0 Å². The van der Waals surface area contributed by atoms with E-state index in [1.165, 1.54) is 21.9 Å². The predicted octanol–water partition coefficient (Wildman–Crippen LogP) is 3.23. The molecule has 3 aromatic rings. The molecule has 0 amide bonds. The Balaban J connectivity index is 1.67. The van der Waals surface area contributed by atoms with Crippen molar-refractivity contribution < 1.29 is 5.11 Å². The summed E-state index contributed by atoms with van der Waals surface area (Å²) >= 11 is 0. The fourth-order valence-corrected chi connectivity index (χ4v) is 3.00. The molecule has 0 unspecified atom stereocenters. The number of fused-ring (bicyclic) bond motifs is 1. The van der Waals surface area contributed by atoms with Gasteiger partial charge in [-0.25, -0.2) is 4.68 Å². The van der Waals surface area contributed by atoms with Crippen molar-refractivity contribution in [3.63, 3.8) is 0 Å². The molecule has 4 heteroatoms. The van der Waals surface area contributed by atoms with Gasteiger partial charge in [-0.3, -0.25) is 0 Å². The molecule has 0 spiro atoms. The molecule has 1 N–H and O–H groups in total. The first kappa shape index (κ1) is 13.5. The van der Waals surface area contributed by atoms with Gasteiger partial charge in [-0.15, -0.1) is 5.10 Å². The first-order valence-electron chi connectivity index (χ1n) is 7.77. The molecule has 0 bridgehead atoms. The van der Waals surface area contributed by atoms with E-state index in [1.807, 2.05) is 10.9 Å². The summed E-state index contributed by atoms with van der Waals surface area (Å²) in [4.78, 5) is 0. The fraction of sp³-hybridized carbons (Fsp3) is 0.333. The molecule has 1 atom stereocenters. The molecule has 1 fully saturated rings. The lowest BCUT2D eigenvalue weighted by Gasteiger charge is -2.10. The standard InChI is InChI=1S/C18H19N3O/c1-12-6-7-13-4-2-3-5-15(13)16(12)10-21-11-17(19-20-21)18(22)14-8-9-14/h2-7,11,14,18,22H,8-10H2,1H3/t18-/m1/s1. The van der Waals surface area contributed by atoms with Crippen LogP contribution < -0.4 is 0 Å². The third-order valence-corrected chi connectivity index (χ3v) is 4.52. The van der Waals surface area contributed by atoms with Gasteiger partial charge in [0, 0.05) is 0 Å². The first-order chi connectivity index (χ1) is 10.7. The smallest absolute Gasteiger partial charge is 0.111 e. The topological polar surface area (TPSA) is 50.9 Å². The van der Waals surface area contributed by atoms with Crippen LogP contribution in [0.1, 0.15) is 35.8 Å². The van der Waals surface area contributed by atoms with Crippen LogP contribution in [0.3, 0.4) is 0 Å². The van der Waals surface area contributed by atoms with E-state index in [-0.39, 0.29) is 0 Å². The van der Waals surface area contributed by atoms with Crippen LogP contribution in [-0.2, 0) is 6.54 Å². The van der Waals surface area contributed by atoms with Crippen LogP contribution in [0.5, 0.6) is 0 Å². The molecule has 1 aliphatic rings. The first-order valence-corrected chi connectivity index (χ1v) is 7.77. The minimum Gasteiger partial charge on any atom is -0.386 e. The zero-order valence-electron chi connectivity index (χ0n) is 12.6. The van der Waals surface area contributed by atoms with Crippen LogP contribution in [0, 0.1) is 12.8 Å². The summed E-state index contributed by atoms with van der Waals surface area (Å²) < 4.78 is 1.83. The van der Waals surface area contributed by atoms with E-state index in [4.69, 9.17) is 0 Å². The lowest BCUT2D eigenvalue weighted by molar-refractivity contribution is 0.149. The second kappa shape index (κ2) is 5.21. The monoisotopic (exact) mass is 293 g/mol. The van der Waals surface area contributed by atoms with Crippen molar-refractivity contribution in [2.75, 3.05) is 0 Å². The van der Waals surface area contributed by atoms with Gasteiger partial charge < -0.3 is 5.11 Å². The van der Waals surface area contributed by atoms with Crippen LogP contribution in [0.4, 0.5) is 0 Å². The maximum atomic E-state index is 10.2. The number of aromatic nitrogens is 3. The third kappa shape index (κ3) is 2.40. The Hall–Kier alpha value is -2.20. The number of hydrogen-bond acceptors (Lipinski definition) is 3. The zero-order valence-corrected chi connectivity index (χ0v) is 12.6. The van der Waals surface area contributed by atoms with E-state index in [0.717, 1.165) is 12.8 Å². The SMILES string of the molecule is Cc1ccc2ccccc2c1Cn1cc([C@H](O)C2CC2)nn1. The molecule has 1 aromatic heterocycles. The van der Waals surface area contributed by atoms with Crippen molar-refractivity contribution in [2.24, 2.45) is 5.92 Å². The average molecular weight is 293 g/mol. The number of aliphatic hydroxyl groups excluding tert-OH is 1. The molecule has 0 saturated heterocycles. The lowest BCUT2D eigenvalue weighted by atomic mass is 10.00. The molecular formula is C18H19N3O. The van der Waals surface area contributed by atoms with Crippen molar-refractivity contribution in [3.8, 4) is 0 Å². The number of rotatable bonds is 4. The number of nitrogens with zero attached hydrogens (tertiary/aromatic N) is 3. The number of aryl methyl sites for hydroxylation is 1. The minimum atomic E-state index is -0.456. The van der Waals surface area contributed by atoms with Gasteiger partial charge in [0.2, 0.25) is 0 Å². The largest absolute Gasteiger partial charge is 0.386 e. The second-order valence-electron chi connectivity index (χ2n) is 6.21. The Morgan fingerprint density at radius 1 is 1.23 bits per heavy atom. The van der Waals surface area contributed by atoms with Gasteiger partial charge in [-0.1, -0.05) is 41.6 Å². The predicted molar refractivity (Wildman–Crippen MR) is 85.5 cm³/mol. The van der Waals surface area contributed by atoms with Crippen molar-refractivity contribution >= 4 is 10.8 Å². The van der Waals surface area contributed by atoms with Gasteiger partial charge in [0.25, 0.3) is 0 Å². The molecule has 1 saturated carbocycles. The van der Waals surface area contributed by atoms with Crippen LogP contribution in [-0.4, -0.2) is 20.1 Å². The Labute approximate surface area is 129 Å². The molecule has 4 nitrogen and oxygen atoms in total.